The highest BCUT2D eigenvalue weighted by atomic mass is 19.4. The molecule has 0 unspecified atom stereocenters. The minimum absolute atomic E-state index is 0.0222. The van der Waals surface area contributed by atoms with Gasteiger partial charge in [0.15, 0.2) is 0 Å². The highest BCUT2D eigenvalue weighted by molar-refractivity contribution is 6.06. The minimum Gasteiger partial charge on any atom is -0.456 e. The lowest BCUT2D eigenvalue weighted by Gasteiger charge is -2.16. The molecule has 0 bridgehead atoms. The maximum absolute atomic E-state index is 13.8. The van der Waals surface area contributed by atoms with Crippen molar-refractivity contribution in [2.75, 3.05) is 10.6 Å². The van der Waals surface area contributed by atoms with Crippen molar-refractivity contribution in [3.05, 3.63) is 82.9 Å². The van der Waals surface area contributed by atoms with Crippen LogP contribution in [0.4, 0.5) is 38.1 Å². The van der Waals surface area contributed by atoms with E-state index in [4.69, 9.17) is 10.5 Å². The lowest BCUT2D eigenvalue weighted by atomic mass is 10.1. The molecule has 3 rings (SSSR count). The van der Waals surface area contributed by atoms with Crippen molar-refractivity contribution in [2.45, 2.75) is 13.1 Å². The summed E-state index contributed by atoms with van der Waals surface area (Å²) in [4.78, 5) is 23.8. The van der Waals surface area contributed by atoms with Gasteiger partial charge in [-0.25, -0.2) is 13.6 Å². The lowest BCUT2D eigenvalue weighted by Crippen LogP contribution is -2.20. The Hall–Kier alpha value is -4.15. The van der Waals surface area contributed by atoms with Crippen LogP contribution >= 0.6 is 0 Å². The van der Waals surface area contributed by atoms with Crippen molar-refractivity contribution >= 4 is 23.3 Å². The molecule has 0 fully saturated rings. The summed E-state index contributed by atoms with van der Waals surface area (Å²) in [5.41, 5.74) is 3.62. The van der Waals surface area contributed by atoms with Crippen LogP contribution in [0.5, 0.6) is 11.5 Å². The molecule has 172 valence electrons. The van der Waals surface area contributed by atoms with Crippen LogP contribution in [0.15, 0.2) is 54.6 Å². The van der Waals surface area contributed by atoms with E-state index < -0.39 is 41.1 Å². The molecule has 0 heterocycles. The summed E-state index contributed by atoms with van der Waals surface area (Å²) in [6, 6.07) is 7.81. The van der Waals surface area contributed by atoms with Crippen LogP contribution in [-0.2, 0) is 6.18 Å². The quantitative estimate of drug-likeness (QED) is 0.414. The number of urea groups is 1. The first kappa shape index (κ1) is 23.5. The molecule has 0 atom stereocenters. The van der Waals surface area contributed by atoms with E-state index in [2.05, 4.69) is 5.32 Å². The Balaban J connectivity index is 1.97. The molecule has 11 heteroatoms. The second-order valence-corrected chi connectivity index (χ2v) is 6.86. The van der Waals surface area contributed by atoms with Gasteiger partial charge in [0.1, 0.15) is 23.1 Å². The average molecular weight is 465 g/mol. The molecule has 3 aromatic carbocycles. The third kappa shape index (κ3) is 5.76. The molecule has 0 saturated carbocycles. The molecule has 4 N–H and O–H groups in total. The highest BCUT2D eigenvalue weighted by Gasteiger charge is 2.32. The van der Waals surface area contributed by atoms with E-state index in [0.717, 1.165) is 30.3 Å². The van der Waals surface area contributed by atoms with Crippen molar-refractivity contribution in [2.24, 2.45) is 5.73 Å². The monoisotopic (exact) mass is 465 g/mol. The van der Waals surface area contributed by atoms with E-state index in [1.165, 1.54) is 19.1 Å². The number of primary amides is 1. The average Bonchev–Trinajstić information content (AvgIpc) is 2.71. The summed E-state index contributed by atoms with van der Waals surface area (Å²) < 4.78 is 72.3. The Labute approximate surface area is 184 Å². The summed E-state index contributed by atoms with van der Waals surface area (Å²) in [5, 5.41) is 4.43. The Kier molecular flexibility index (Phi) is 6.52. The number of amides is 3. The molecule has 6 nitrogen and oxygen atoms in total. The van der Waals surface area contributed by atoms with E-state index in [1.54, 1.807) is 0 Å². The maximum atomic E-state index is 13.8. The highest BCUT2D eigenvalue weighted by Crippen LogP contribution is 2.36. The molecule has 0 spiro atoms. The Morgan fingerprint density at radius 1 is 0.909 bits per heavy atom. The fraction of sp³-hybridized carbons (Fsp3) is 0.0909. The zero-order chi connectivity index (χ0) is 24.3. The summed E-state index contributed by atoms with van der Waals surface area (Å²) in [6.45, 7) is 1.48. The third-order valence-electron chi connectivity index (χ3n) is 4.39. The molecule has 33 heavy (non-hydrogen) atoms. The lowest BCUT2D eigenvalue weighted by molar-refractivity contribution is -0.137. The molecular formula is C22H16F5N3O3. The normalized spacial score (nSPS) is 11.1. The molecule has 3 aromatic rings. The molecular weight excluding hydrogens is 449 g/mol. The van der Waals surface area contributed by atoms with Crippen LogP contribution < -0.4 is 21.1 Å². The molecule has 0 aliphatic carbocycles. The molecule has 0 aromatic heterocycles. The third-order valence-corrected chi connectivity index (χ3v) is 4.39. The van der Waals surface area contributed by atoms with Crippen molar-refractivity contribution < 1.29 is 36.3 Å². The van der Waals surface area contributed by atoms with Gasteiger partial charge < -0.3 is 21.1 Å². The molecule has 0 radical (unpaired) electrons. The van der Waals surface area contributed by atoms with Gasteiger partial charge in [-0.05, 0) is 67.1 Å². The van der Waals surface area contributed by atoms with Gasteiger partial charge in [-0.2, -0.15) is 13.2 Å². The van der Waals surface area contributed by atoms with E-state index in [1.807, 2.05) is 5.32 Å². The van der Waals surface area contributed by atoms with Crippen LogP contribution in [0.3, 0.4) is 0 Å². The first-order valence-electron chi connectivity index (χ1n) is 9.26. The fourth-order valence-electron chi connectivity index (χ4n) is 2.85. The van der Waals surface area contributed by atoms with Gasteiger partial charge in [-0.1, -0.05) is 0 Å². The second kappa shape index (κ2) is 9.15. The van der Waals surface area contributed by atoms with Crippen LogP contribution in [0.1, 0.15) is 21.5 Å². The van der Waals surface area contributed by atoms with Crippen molar-refractivity contribution in [1.82, 2.24) is 0 Å². The number of hydrogen-bond donors (Lipinski definition) is 3. The molecule has 0 aliphatic heterocycles. The van der Waals surface area contributed by atoms with Gasteiger partial charge >= 0.3 is 12.2 Å². The summed E-state index contributed by atoms with van der Waals surface area (Å²) in [7, 11) is 0. The summed E-state index contributed by atoms with van der Waals surface area (Å²) in [5.74, 6) is -2.67. The number of rotatable bonds is 5. The van der Waals surface area contributed by atoms with E-state index >= 15 is 0 Å². The van der Waals surface area contributed by atoms with Gasteiger partial charge in [0.05, 0.1) is 16.8 Å². The van der Waals surface area contributed by atoms with E-state index in [0.29, 0.717) is 17.7 Å². The zero-order valence-electron chi connectivity index (χ0n) is 16.9. The second-order valence-electron chi connectivity index (χ2n) is 6.86. The van der Waals surface area contributed by atoms with Gasteiger partial charge in [-0.15, -0.1) is 0 Å². The standard InChI is InChI=1S/C22H16F5N3O3/c1-11-8-13(23)3-7-18(11)33-19-9-12(22(25,26)27)2-5-15(19)20(31)29-14-4-6-16(24)17(10-14)30-21(28)32/h2-10H,1H3,(H,29,31)(H3,28,30,32). The maximum Gasteiger partial charge on any atom is 0.416 e. The Morgan fingerprint density at radius 2 is 1.64 bits per heavy atom. The number of carbonyl (C=O) groups excluding carboxylic acids is 2. The Bertz CT molecular complexity index is 1230. The zero-order valence-corrected chi connectivity index (χ0v) is 16.9. The topological polar surface area (TPSA) is 93.4 Å². The summed E-state index contributed by atoms with van der Waals surface area (Å²) in [6.07, 6.45) is -4.71. The first-order chi connectivity index (χ1) is 15.4. The fourth-order valence-corrected chi connectivity index (χ4v) is 2.85. The van der Waals surface area contributed by atoms with E-state index in [9.17, 15) is 31.5 Å². The number of carbonyl (C=O) groups is 2. The SMILES string of the molecule is Cc1cc(F)ccc1Oc1cc(C(F)(F)F)ccc1C(=O)Nc1ccc(F)c(NC(N)=O)c1. The predicted octanol–water partition coefficient (Wildman–Crippen LogP) is 5.83. The number of nitrogens with two attached hydrogens (primary N) is 1. The van der Waals surface area contributed by atoms with Crippen molar-refractivity contribution in [3.8, 4) is 11.5 Å². The van der Waals surface area contributed by atoms with Crippen molar-refractivity contribution in [1.29, 1.82) is 0 Å². The van der Waals surface area contributed by atoms with Gasteiger partial charge in [0.2, 0.25) is 0 Å². The number of halogens is 5. The number of nitrogens with one attached hydrogen (secondary N) is 2. The number of aryl methyl sites for hydroxylation is 1. The van der Waals surface area contributed by atoms with Crippen LogP contribution in [-0.4, -0.2) is 11.9 Å². The van der Waals surface area contributed by atoms with Crippen LogP contribution in [0.25, 0.3) is 0 Å². The van der Waals surface area contributed by atoms with Gasteiger partial charge in [0.25, 0.3) is 5.91 Å². The van der Waals surface area contributed by atoms with Gasteiger partial charge in [-0.3, -0.25) is 4.79 Å². The van der Waals surface area contributed by atoms with E-state index in [-0.39, 0.29) is 22.7 Å². The molecule has 0 aliphatic rings. The Morgan fingerprint density at radius 3 is 2.27 bits per heavy atom. The number of benzene rings is 3. The van der Waals surface area contributed by atoms with Crippen LogP contribution in [0.2, 0.25) is 0 Å². The first-order valence-corrected chi connectivity index (χ1v) is 9.26. The number of hydrogen-bond acceptors (Lipinski definition) is 3. The molecule has 3 amide bonds. The molecule has 0 saturated heterocycles. The largest absolute Gasteiger partial charge is 0.456 e. The predicted molar refractivity (Wildman–Crippen MR) is 110 cm³/mol. The smallest absolute Gasteiger partial charge is 0.416 e. The van der Waals surface area contributed by atoms with Crippen molar-refractivity contribution in [3.63, 3.8) is 0 Å². The van der Waals surface area contributed by atoms with Crippen LogP contribution in [0, 0.1) is 18.6 Å². The van der Waals surface area contributed by atoms with Gasteiger partial charge in [0, 0.05) is 5.69 Å². The summed E-state index contributed by atoms with van der Waals surface area (Å²) >= 11 is 0. The number of alkyl halides is 3. The minimum atomic E-state index is -4.71. The number of anilines is 2. The number of ether oxygens (including phenoxy) is 1.